The van der Waals surface area contributed by atoms with Gasteiger partial charge in [-0.1, -0.05) is 42.0 Å². The normalized spacial score (nSPS) is 16.5. The van der Waals surface area contributed by atoms with Crippen LogP contribution in [-0.2, 0) is 22.3 Å². The second-order valence-electron chi connectivity index (χ2n) is 6.77. The molecule has 140 valence electrons. The highest BCUT2D eigenvalue weighted by atomic mass is 32.2. The molecule has 0 amide bonds. The van der Waals surface area contributed by atoms with Gasteiger partial charge in [0.2, 0.25) is 10.0 Å². The molecule has 0 bridgehead atoms. The smallest absolute Gasteiger partial charge is 0.218 e. The first kappa shape index (κ1) is 18.9. The first-order chi connectivity index (χ1) is 12.5. The van der Waals surface area contributed by atoms with Crippen LogP contribution in [0.1, 0.15) is 16.7 Å². The lowest BCUT2D eigenvalue weighted by Gasteiger charge is -2.34. The van der Waals surface area contributed by atoms with Crippen LogP contribution in [0.4, 0.5) is 0 Å². The fourth-order valence-electron chi connectivity index (χ4n) is 3.26. The Labute approximate surface area is 156 Å². The van der Waals surface area contributed by atoms with Gasteiger partial charge in [-0.3, -0.25) is 4.90 Å². The molecule has 0 aliphatic carbocycles. The minimum atomic E-state index is -3.27. The molecule has 5 nitrogen and oxygen atoms in total. The molecule has 1 aliphatic heterocycles. The molecule has 1 saturated heterocycles. The van der Waals surface area contributed by atoms with Crippen LogP contribution in [0.25, 0.3) is 0 Å². The van der Waals surface area contributed by atoms with E-state index < -0.39 is 10.0 Å². The summed E-state index contributed by atoms with van der Waals surface area (Å²) in [6.45, 7) is 5.40. The van der Waals surface area contributed by atoms with E-state index in [0.29, 0.717) is 13.1 Å². The highest BCUT2D eigenvalue weighted by Gasteiger charge is 2.27. The summed E-state index contributed by atoms with van der Waals surface area (Å²) in [5, 5.41) is 0. The first-order valence-electron chi connectivity index (χ1n) is 8.85. The van der Waals surface area contributed by atoms with E-state index in [0.717, 1.165) is 36.5 Å². The molecule has 0 aromatic heterocycles. The Morgan fingerprint density at radius 3 is 2.27 bits per heavy atom. The second-order valence-corrected chi connectivity index (χ2v) is 8.74. The molecule has 6 heteroatoms. The van der Waals surface area contributed by atoms with Crippen LogP contribution < -0.4 is 4.74 Å². The van der Waals surface area contributed by atoms with Crippen LogP contribution in [0, 0.1) is 6.92 Å². The van der Waals surface area contributed by atoms with Gasteiger partial charge in [0.25, 0.3) is 0 Å². The van der Waals surface area contributed by atoms with E-state index in [-0.39, 0.29) is 5.75 Å². The van der Waals surface area contributed by atoms with Crippen molar-refractivity contribution in [3.63, 3.8) is 0 Å². The molecule has 1 heterocycles. The number of hydrogen-bond acceptors (Lipinski definition) is 4. The maximum Gasteiger partial charge on any atom is 0.218 e. The molecule has 1 aliphatic rings. The number of methoxy groups -OCH3 is 1. The molecular formula is C20H26N2O3S. The Hall–Kier alpha value is -1.89. The Kier molecular flexibility index (Phi) is 5.96. The molecule has 1 fully saturated rings. The summed E-state index contributed by atoms with van der Waals surface area (Å²) in [5.41, 5.74) is 3.15. The van der Waals surface area contributed by atoms with Gasteiger partial charge < -0.3 is 4.74 Å². The fourth-order valence-corrected chi connectivity index (χ4v) is 4.76. The summed E-state index contributed by atoms with van der Waals surface area (Å²) in [7, 11) is -1.61. The van der Waals surface area contributed by atoms with Gasteiger partial charge in [-0.05, 0) is 30.2 Å². The van der Waals surface area contributed by atoms with Crippen molar-refractivity contribution in [2.75, 3.05) is 33.3 Å². The lowest BCUT2D eigenvalue weighted by Crippen LogP contribution is -2.48. The molecule has 2 aromatic carbocycles. The average Bonchev–Trinajstić information content (AvgIpc) is 2.62. The largest absolute Gasteiger partial charge is 0.497 e. The van der Waals surface area contributed by atoms with Crippen LogP contribution in [0.2, 0.25) is 0 Å². The maximum atomic E-state index is 12.7. The van der Waals surface area contributed by atoms with Crippen molar-refractivity contribution in [1.82, 2.24) is 9.21 Å². The molecule has 0 spiro atoms. The lowest BCUT2D eigenvalue weighted by molar-refractivity contribution is 0.181. The summed E-state index contributed by atoms with van der Waals surface area (Å²) in [5.74, 6) is 0.925. The SMILES string of the molecule is COc1ccc(CN2CCN(S(=O)(=O)Cc3cccc(C)c3)CC2)cc1. The molecule has 0 N–H and O–H groups in total. The Morgan fingerprint density at radius 2 is 1.65 bits per heavy atom. The first-order valence-corrected chi connectivity index (χ1v) is 10.5. The molecule has 3 rings (SSSR count). The monoisotopic (exact) mass is 374 g/mol. The fraction of sp³-hybridized carbons (Fsp3) is 0.400. The topological polar surface area (TPSA) is 49.9 Å². The Balaban J connectivity index is 1.55. The van der Waals surface area contributed by atoms with E-state index in [4.69, 9.17) is 4.74 Å². The number of nitrogens with zero attached hydrogens (tertiary/aromatic N) is 2. The average molecular weight is 375 g/mol. The van der Waals surface area contributed by atoms with Gasteiger partial charge in [-0.2, -0.15) is 4.31 Å². The number of ether oxygens (including phenoxy) is 1. The summed E-state index contributed by atoms with van der Waals surface area (Å²) < 4.78 is 32.2. The van der Waals surface area contributed by atoms with E-state index in [1.165, 1.54) is 5.56 Å². The van der Waals surface area contributed by atoms with Crippen molar-refractivity contribution in [3.8, 4) is 5.75 Å². The van der Waals surface area contributed by atoms with E-state index in [1.807, 2.05) is 43.3 Å². The minimum absolute atomic E-state index is 0.0765. The molecule has 26 heavy (non-hydrogen) atoms. The zero-order valence-corrected chi connectivity index (χ0v) is 16.2. The van der Waals surface area contributed by atoms with Crippen molar-refractivity contribution in [2.45, 2.75) is 19.2 Å². The maximum absolute atomic E-state index is 12.7. The van der Waals surface area contributed by atoms with Crippen LogP contribution in [-0.4, -0.2) is 50.9 Å². The molecule has 0 radical (unpaired) electrons. The number of piperazine rings is 1. The van der Waals surface area contributed by atoms with Crippen molar-refractivity contribution < 1.29 is 13.2 Å². The number of aryl methyl sites for hydroxylation is 1. The quantitative estimate of drug-likeness (QED) is 0.780. The van der Waals surface area contributed by atoms with Crippen molar-refractivity contribution in [2.24, 2.45) is 0 Å². The van der Waals surface area contributed by atoms with Gasteiger partial charge in [0.1, 0.15) is 5.75 Å². The third-order valence-corrected chi connectivity index (χ3v) is 6.57. The number of sulfonamides is 1. The van der Waals surface area contributed by atoms with Gasteiger partial charge in [0.05, 0.1) is 12.9 Å². The van der Waals surface area contributed by atoms with E-state index >= 15 is 0 Å². The number of benzene rings is 2. The van der Waals surface area contributed by atoms with Crippen molar-refractivity contribution in [1.29, 1.82) is 0 Å². The highest BCUT2D eigenvalue weighted by molar-refractivity contribution is 7.88. The van der Waals surface area contributed by atoms with Gasteiger partial charge in [0, 0.05) is 32.7 Å². The molecule has 0 unspecified atom stereocenters. The third-order valence-electron chi connectivity index (χ3n) is 4.72. The van der Waals surface area contributed by atoms with Crippen LogP contribution in [0.15, 0.2) is 48.5 Å². The summed E-state index contributed by atoms with van der Waals surface area (Å²) in [4.78, 5) is 2.29. The van der Waals surface area contributed by atoms with Crippen molar-refractivity contribution in [3.05, 3.63) is 65.2 Å². The lowest BCUT2D eigenvalue weighted by atomic mass is 10.2. The predicted octanol–water partition coefficient (Wildman–Crippen LogP) is 2.65. The van der Waals surface area contributed by atoms with Crippen LogP contribution in [0.5, 0.6) is 5.75 Å². The van der Waals surface area contributed by atoms with Crippen molar-refractivity contribution >= 4 is 10.0 Å². The van der Waals surface area contributed by atoms with Gasteiger partial charge in [-0.25, -0.2) is 8.42 Å². The van der Waals surface area contributed by atoms with Crippen LogP contribution >= 0.6 is 0 Å². The highest BCUT2D eigenvalue weighted by Crippen LogP contribution is 2.17. The molecule has 0 saturated carbocycles. The third kappa shape index (κ3) is 4.84. The Bertz CT molecular complexity index is 826. The van der Waals surface area contributed by atoms with Gasteiger partial charge in [-0.15, -0.1) is 0 Å². The van der Waals surface area contributed by atoms with Crippen LogP contribution in [0.3, 0.4) is 0 Å². The summed E-state index contributed by atoms with van der Waals surface area (Å²) >= 11 is 0. The number of hydrogen-bond donors (Lipinski definition) is 0. The summed E-state index contributed by atoms with van der Waals surface area (Å²) in [6.07, 6.45) is 0. The van der Waals surface area contributed by atoms with Gasteiger partial charge >= 0.3 is 0 Å². The Morgan fingerprint density at radius 1 is 0.962 bits per heavy atom. The van der Waals surface area contributed by atoms with E-state index in [1.54, 1.807) is 11.4 Å². The molecule has 0 atom stereocenters. The van der Waals surface area contributed by atoms with E-state index in [2.05, 4.69) is 17.0 Å². The van der Waals surface area contributed by atoms with E-state index in [9.17, 15) is 8.42 Å². The molecule has 2 aromatic rings. The predicted molar refractivity (Wildman–Crippen MR) is 104 cm³/mol. The van der Waals surface area contributed by atoms with Gasteiger partial charge in [0.15, 0.2) is 0 Å². The number of rotatable bonds is 6. The standard InChI is InChI=1S/C20H26N2O3S/c1-17-4-3-5-19(14-17)16-26(23,24)22-12-10-21(11-13-22)15-18-6-8-20(25-2)9-7-18/h3-9,14H,10-13,15-16H2,1-2H3. The minimum Gasteiger partial charge on any atom is -0.497 e. The zero-order chi connectivity index (χ0) is 18.6. The zero-order valence-electron chi connectivity index (χ0n) is 15.4. The molecular weight excluding hydrogens is 348 g/mol. The second kappa shape index (κ2) is 8.20. The summed E-state index contributed by atoms with van der Waals surface area (Å²) in [6, 6.07) is 15.7.